The minimum atomic E-state index is 0.922. The number of rotatable bonds is 4. The van der Waals surface area contributed by atoms with Gasteiger partial charge in [0.15, 0.2) is 0 Å². The molecule has 0 bridgehead atoms. The van der Waals surface area contributed by atoms with Gasteiger partial charge in [0.05, 0.1) is 0 Å². The van der Waals surface area contributed by atoms with Gasteiger partial charge in [0.25, 0.3) is 0 Å². The lowest BCUT2D eigenvalue weighted by atomic mass is 9.97. The standard InChI is InChI=1S/C14H26N2S/c1-2-12(10-15-7-1)11-16(13-3-4-13)14-5-8-17-9-6-14/h12-15H,1-11H2. The molecular formula is C14H26N2S. The Morgan fingerprint density at radius 1 is 1.00 bits per heavy atom. The summed E-state index contributed by atoms with van der Waals surface area (Å²) in [6.45, 7) is 3.90. The number of thioether (sulfide) groups is 1. The van der Waals surface area contributed by atoms with Gasteiger partial charge in [-0.05, 0) is 69.0 Å². The van der Waals surface area contributed by atoms with E-state index in [0.717, 1.165) is 18.0 Å². The second-order valence-electron chi connectivity index (χ2n) is 5.98. The quantitative estimate of drug-likeness (QED) is 0.829. The maximum atomic E-state index is 3.57. The molecule has 0 aromatic rings. The molecule has 3 fully saturated rings. The van der Waals surface area contributed by atoms with E-state index >= 15 is 0 Å². The van der Waals surface area contributed by atoms with Gasteiger partial charge in [-0.15, -0.1) is 0 Å². The van der Waals surface area contributed by atoms with Gasteiger partial charge >= 0.3 is 0 Å². The minimum Gasteiger partial charge on any atom is -0.316 e. The van der Waals surface area contributed by atoms with Crippen molar-refractivity contribution in [2.45, 2.75) is 50.6 Å². The molecule has 98 valence electrons. The number of nitrogens with zero attached hydrogens (tertiary/aromatic N) is 1. The van der Waals surface area contributed by atoms with Crippen LogP contribution in [-0.2, 0) is 0 Å². The molecule has 2 heterocycles. The van der Waals surface area contributed by atoms with Crippen LogP contribution in [0.3, 0.4) is 0 Å². The minimum absolute atomic E-state index is 0.922. The van der Waals surface area contributed by atoms with Crippen molar-refractivity contribution < 1.29 is 0 Å². The van der Waals surface area contributed by atoms with E-state index in [9.17, 15) is 0 Å². The molecule has 1 aliphatic carbocycles. The van der Waals surface area contributed by atoms with Crippen LogP contribution in [0.1, 0.15) is 38.5 Å². The fourth-order valence-corrected chi connectivity index (χ4v) is 4.48. The molecule has 3 aliphatic rings. The van der Waals surface area contributed by atoms with Gasteiger partial charge in [-0.2, -0.15) is 11.8 Å². The Kier molecular flexibility index (Phi) is 4.30. The second kappa shape index (κ2) is 5.94. The largest absolute Gasteiger partial charge is 0.316 e. The van der Waals surface area contributed by atoms with E-state index in [1.807, 2.05) is 0 Å². The third-order valence-corrected chi connectivity index (χ3v) is 5.59. The summed E-state index contributed by atoms with van der Waals surface area (Å²) in [4.78, 5) is 2.90. The van der Waals surface area contributed by atoms with E-state index in [-0.39, 0.29) is 0 Å². The summed E-state index contributed by atoms with van der Waals surface area (Å²) in [5, 5.41) is 3.57. The van der Waals surface area contributed by atoms with Crippen LogP contribution in [0.25, 0.3) is 0 Å². The normalized spacial score (nSPS) is 31.9. The molecule has 2 nitrogen and oxygen atoms in total. The summed E-state index contributed by atoms with van der Waals surface area (Å²) in [6.07, 6.45) is 8.69. The van der Waals surface area contributed by atoms with Crippen LogP contribution in [0.15, 0.2) is 0 Å². The van der Waals surface area contributed by atoms with Crippen LogP contribution in [0.2, 0.25) is 0 Å². The van der Waals surface area contributed by atoms with E-state index in [1.165, 1.54) is 69.7 Å². The Hall–Kier alpha value is 0.270. The third-order valence-electron chi connectivity index (χ3n) is 4.54. The average Bonchev–Trinajstić information content (AvgIpc) is 3.23. The predicted molar refractivity (Wildman–Crippen MR) is 75.7 cm³/mol. The highest BCUT2D eigenvalue weighted by Crippen LogP contribution is 2.34. The molecule has 2 saturated heterocycles. The molecule has 0 aromatic heterocycles. The molecule has 0 radical (unpaired) electrons. The monoisotopic (exact) mass is 254 g/mol. The molecule has 3 heteroatoms. The predicted octanol–water partition coefficient (Wildman–Crippen LogP) is 2.35. The Morgan fingerprint density at radius 2 is 1.76 bits per heavy atom. The van der Waals surface area contributed by atoms with Crippen molar-refractivity contribution in [1.82, 2.24) is 10.2 Å². The Bertz CT molecular complexity index is 230. The van der Waals surface area contributed by atoms with Crippen molar-refractivity contribution in [1.29, 1.82) is 0 Å². The lowest BCUT2D eigenvalue weighted by Crippen LogP contribution is -2.45. The number of nitrogens with one attached hydrogen (secondary N) is 1. The van der Waals surface area contributed by atoms with E-state index in [1.54, 1.807) is 0 Å². The number of hydrogen-bond acceptors (Lipinski definition) is 3. The Balaban J connectivity index is 1.55. The first-order chi connectivity index (χ1) is 8.43. The first kappa shape index (κ1) is 12.3. The molecule has 2 aliphatic heterocycles. The van der Waals surface area contributed by atoms with Gasteiger partial charge in [0.2, 0.25) is 0 Å². The lowest BCUT2D eigenvalue weighted by Gasteiger charge is -2.37. The topological polar surface area (TPSA) is 15.3 Å². The average molecular weight is 254 g/mol. The molecular weight excluding hydrogens is 228 g/mol. The first-order valence-electron chi connectivity index (χ1n) is 7.47. The summed E-state index contributed by atoms with van der Waals surface area (Å²) in [5.74, 6) is 3.73. The van der Waals surface area contributed by atoms with Crippen LogP contribution in [0.5, 0.6) is 0 Å². The number of hydrogen-bond donors (Lipinski definition) is 1. The Morgan fingerprint density at radius 3 is 2.41 bits per heavy atom. The summed E-state index contributed by atoms with van der Waals surface area (Å²) in [5.41, 5.74) is 0. The second-order valence-corrected chi connectivity index (χ2v) is 7.21. The zero-order valence-electron chi connectivity index (χ0n) is 10.9. The zero-order valence-corrected chi connectivity index (χ0v) is 11.7. The lowest BCUT2D eigenvalue weighted by molar-refractivity contribution is 0.137. The summed E-state index contributed by atoms with van der Waals surface area (Å²) >= 11 is 2.16. The zero-order chi connectivity index (χ0) is 11.5. The SMILES string of the molecule is C1CNCC(CN(C2CCSCC2)C2CC2)C1. The molecule has 0 amide bonds. The van der Waals surface area contributed by atoms with Crippen LogP contribution in [0, 0.1) is 5.92 Å². The molecule has 0 aromatic carbocycles. The van der Waals surface area contributed by atoms with Crippen LogP contribution in [0.4, 0.5) is 0 Å². The highest BCUT2D eigenvalue weighted by molar-refractivity contribution is 7.99. The molecule has 1 atom stereocenters. The van der Waals surface area contributed by atoms with Gasteiger partial charge < -0.3 is 5.32 Å². The van der Waals surface area contributed by atoms with E-state index < -0.39 is 0 Å². The fourth-order valence-electron chi connectivity index (χ4n) is 3.40. The van der Waals surface area contributed by atoms with Gasteiger partial charge in [-0.25, -0.2) is 0 Å². The van der Waals surface area contributed by atoms with Crippen LogP contribution >= 0.6 is 11.8 Å². The van der Waals surface area contributed by atoms with Crippen molar-refractivity contribution in [3.8, 4) is 0 Å². The van der Waals surface area contributed by atoms with Crippen LogP contribution < -0.4 is 5.32 Å². The molecule has 1 saturated carbocycles. The first-order valence-corrected chi connectivity index (χ1v) is 8.63. The summed E-state index contributed by atoms with van der Waals surface area (Å²) < 4.78 is 0. The third kappa shape index (κ3) is 3.39. The maximum absolute atomic E-state index is 3.57. The van der Waals surface area contributed by atoms with Gasteiger partial charge in [-0.3, -0.25) is 4.90 Å². The molecule has 17 heavy (non-hydrogen) atoms. The molecule has 1 unspecified atom stereocenters. The van der Waals surface area contributed by atoms with Crippen molar-refractivity contribution in [2.75, 3.05) is 31.1 Å². The van der Waals surface area contributed by atoms with Gasteiger partial charge in [0, 0.05) is 18.6 Å². The van der Waals surface area contributed by atoms with Crippen molar-refractivity contribution in [3.05, 3.63) is 0 Å². The van der Waals surface area contributed by atoms with E-state index in [2.05, 4.69) is 22.0 Å². The van der Waals surface area contributed by atoms with Crippen molar-refractivity contribution in [3.63, 3.8) is 0 Å². The highest BCUT2D eigenvalue weighted by atomic mass is 32.2. The smallest absolute Gasteiger partial charge is 0.0114 e. The summed E-state index contributed by atoms with van der Waals surface area (Å²) in [6, 6.07) is 1.88. The van der Waals surface area contributed by atoms with E-state index in [0.29, 0.717) is 0 Å². The van der Waals surface area contributed by atoms with Crippen molar-refractivity contribution in [2.24, 2.45) is 5.92 Å². The van der Waals surface area contributed by atoms with Gasteiger partial charge in [-0.1, -0.05) is 0 Å². The highest BCUT2D eigenvalue weighted by Gasteiger charge is 2.35. The number of piperidine rings is 1. The maximum Gasteiger partial charge on any atom is 0.0114 e. The Labute approximate surface area is 110 Å². The van der Waals surface area contributed by atoms with Gasteiger partial charge in [0.1, 0.15) is 0 Å². The molecule has 3 rings (SSSR count). The van der Waals surface area contributed by atoms with E-state index in [4.69, 9.17) is 0 Å². The van der Waals surface area contributed by atoms with Crippen LogP contribution in [-0.4, -0.2) is 48.1 Å². The summed E-state index contributed by atoms with van der Waals surface area (Å²) in [7, 11) is 0. The molecule has 0 spiro atoms. The van der Waals surface area contributed by atoms with Crippen molar-refractivity contribution >= 4 is 11.8 Å². The fraction of sp³-hybridized carbons (Fsp3) is 1.00. The molecule has 1 N–H and O–H groups in total.